The number of nitrogens with zero attached hydrogens (tertiary/aromatic N) is 3. The number of hydrogen-bond donors (Lipinski definition) is 1. The Balaban J connectivity index is 1.48. The fraction of sp³-hybridized carbons (Fsp3) is 0.560. The third-order valence-electron chi connectivity index (χ3n) is 7.27. The van der Waals surface area contributed by atoms with Gasteiger partial charge >= 0.3 is 0 Å². The van der Waals surface area contributed by atoms with Gasteiger partial charge in [-0.05, 0) is 37.3 Å². The number of piperidine rings is 1. The predicted octanol–water partition coefficient (Wildman–Crippen LogP) is 3.71. The fourth-order valence-corrected chi connectivity index (χ4v) is 5.45. The summed E-state index contributed by atoms with van der Waals surface area (Å²) in [6, 6.07) is 4.57. The van der Waals surface area contributed by atoms with Crippen molar-refractivity contribution in [3.05, 3.63) is 41.6 Å². The molecule has 2 fully saturated rings. The molecule has 2 heterocycles. The van der Waals surface area contributed by atoms with Gasteiger partial charge in [0.25, 0.3) is 5.91 Å². The summed E-state index contributed by atoms with van der Waals surface area (Å²) in [5, 5.41) is 6.73. The number of amides is 2. The van der Waals surface area contributed by atoms with Gasteiger partial charge in [0, 0.05) is 51.4 Å². The Morgan fingerprint density at radius 3 is 2.71 bits per heavy atom. The second-order valence-corrected chi connectivity index (χ2v) is 9.57. The van der Waals surface area contributed by atoms with Crippen molar-refractivity contribution in [3.63, 3.8) is 0 Å². The van der Waals surface area contributed by atoms with Gasteiger partial charge in [-0.15, -0.1) is 0 Å². The summed E-state index contributed by atoms with van der Waals surface area (Å²) in [7, 11) is 3.46. The molecule has 0 bridgehead atoms. The molecule has 1 aromatic heterocycles. The van der Waals surface area contributed by atoms with E-state index >= 15 is 0 Å². The maximum atomic E-state index is 14.1. The largest absolute Gasteiger partial charge is 0.355 e. The minimum atomic E-state index is -0.801. The van der Waals surface area contributed by atoms with Crippen LogP contribution in [0.5, 0.6) is 0 Å². The fourth-order valence-electron chi connectivity index (χ4n) is 5.45. The molecule has 2 aliphatic rings. The van der Waals surface area contributed by atoms with E-state index in [0.29, 0.717) is 24.9 Å². The van der Waals surface area contributed by atoms with Crippen LogP contribution in [0.3, 0.4) is 0 Å². The van der Waals surface area contributed by atoms with Crippen LogP contribution in [0.15, 0.2) is 28.8 Å². The lowest BCUT2D eigenvalue weighted by Crippen LogP contribution is -2.58. The number of likely N-dealkylation sites (tertiary alicyclic amines) is 1. The molecule has 184 valence electrons. The minimum absolute atomic E-state index is 0.0148. The standard InChI is InChI=1S/C25H32F2N4O3/c1-4-15-6-5-7-22(15)31-11-10-20(18(14-31)25(33)30(2)3)28-24(32)21-13-23(34-29-21)17-9-8-16(26)12-19(17)27/h8-9,12-13,15,18,20,22H,4-7,10-11,14H2,1-3H3,(H,28,32)/t15-,18-,20-,22+/m0/s1. The summed E-state index contributed by atoms with van der Waals surface area (Å²) in [5.74, 6) is -1.69. The van der Waals surface area contributed by atoms with E-state index in [9.17, 15) is 18.4 Å². The van der Waals surface area contributed by atoms with Crippen molar-refractivity contribution in [2.75, 3.05) is 27.2 Å². The summed E-state index contributed by atoms with van der Waals surface area (Å²) < 4.78 is 32.4. The van der Waals surface area contributed by atoms with Crippen LogP contribution < -0.4 is 5.32 Å². The Morgan fingerprint density at radius 2 is 2.00 bits per heavy atom. The van der Waals surface area contributed by atoms with Crippen molar-refractivity contribution < 1.29 is 22.9 Å². The lowest BCUT2D eigenvalue weighted by Gasteiger charge is -2.43. The van der Waals surface area contributed by atoms with Gasteiger partial charge in [0.05, 0.1) is 11.5 Å². The van der Waals surface area contributed by atoms with E-state index in [1.807, 2.05) is 0 Å². The average Bonchev–Trinajstić information content (AvgIpc) is 3.48. The van der Waals surface area contributed by atoms with E-state index in [0.717, 1.165) is 31.5 Å². The van der Waals surface area contributed by atoms with E-state index in [4.69, 9.17) is 4.52 Å². The summed E-state index contributed by atoms with van der Waals surface area (Å²) in [6.07, 6.45) is 5.39. The molecule has 0 spiro atoms. The molecule has 1 N–H and O–H groups in total. The molecule has 0 unspecified atom stereocenters. The van der Waals surface area contributed by atoms with Crippen molar-refractivity contribution in [1.29, 1.82) is 0 Å². The summed E-state index contributed by atoms with van der Waals surface area (Å²) >= 11 is 0. The second kappa shape index (κ2) is 10.2. The third-order valence-corrected chi connectivity index (χ3v) is 7.27. The maximum absolute atomic E-state index is 14.1. The smallest absolute Gasteiger partial charge is 0.273 e. The molecule has 1 saturated carbocycles. The van der Waals surface area contributed by atoms with Crippen LogP contribution in [-0.4, -0.2) is 66.0 Å². The first-order valence-corrected chi connectivity index (χ1v) is 12.0. The Labute approximate surface area is 198 Å². The predicted molar refractivity (Wildman–Crippen MR) is 123 cm³/mol. The van der Waals surface area contributed by atoms with Crippen LogP contribution in [0.25, 0.3) is 11.3 Å². The molecule has 34 heavy (non-hydrogen) atoms. The van der Waals surface area contributed by atoms with Gasteiger partial charge < -0.3 is 14.7 Å². The summed E-state index contributed by atoms with van der Waals surface area (Å²) in [5.41, 5.74) is 0.00279. The zero-order valence-corrected chi connectivity index (χ0v) is 19.9. The average molecular weight is 475 g/mol. The van der Waals surface area contributed by atoms with Crippen LogP contribution >= 0.6 is 0 Å². The highest BCUT2D eigenvalue weighted by Crippen LogP contribution is 2.35. The lowest BCUT2D eigenvalue weighted by molar-refractivity contribution is -0.136. The number of hydrogen-bond acceptors (Lipinski definition) is 5. The number of halogens is 2. The van der Waals surface area contributed by atoms with E-state index < -0.39 is 17.5 Å². The van der Waals surface area contributed by atoms with Gasteiger partial charge in [0.15, 0.2) is 11.5 Å². The molecule has 2 amide bonds. The molecular weight excluding hydrogens is 442 g/mol. The minimum Gasteiger partial charge on any atom is -0.355 e. The topological polar surface area (TPSA) is 78.7 Å². The molecule has 9 heteroatoms. The quantitative estimate of drug-likeness (QED) is 0.691. The highest BCUT2D eigenvalue weighted by atomic mass is 19.1. The van der Waals surface area contributed by atoms with Crippen LogP contribution in [0.4, 0.5) is 8.78 Å². The zero-order chi connectivity index (χ0) is 24.4. The van der Waals surface area contributed by atoms with Crippen molar-refractivity contribution in [1.82, 2.24) is 20.3 Å². The molecule has 1 aliphatic carbocycles. The van der Waals surface area contributed by atoms with Crippen molar-refractivity contribution in [3.8, 4) is 11.3 Å². The van der Waals surface area contributed by atoms with Crippen molar-refractivity contribution >= 4 is 11.8 Å². The van der Waals surface area contributed by atoms with Crippen LogP contribution in [0, 0.1) is 23.5 Å². The number of aromatic nitrogens is 1. The van der Waals surface area contributed by atoms with Crippen molar-refractivity contribution in [2.45, 2.75) is 51.1 Å². The zero-order valence-electron chi connectivity index (χ0n) is 19.9. The number of benzene rings is 1. The van der Waals surface area contributed by atoms with E-state index in [-0.39, 0.29) is 34.9 Å². The monoisotopic (exact) mass is 474 g/mol. The molecular formula is C25H32F2N4O3. The van der Waals surface area contributed by atoms with Gasteiger partial charge in [0.2, 0.25) is 5.91 Å². The Morgan fingerprint density at radius 1 is 1.21 bits per heavy atom. The number of rotatable bonds is 6. The van der Waals surface area contributed by atoms with E-state index in [1.54, 1.807) is 19.0 Å². The Bertz CT molecular complexity index is 1040. The number of carbonyl (C=O) groups is 2. The maximum Gasteiger partial charge on any atom is 0.273 e. The molecule has 2 aromatic rings. The van der Waals surface area contributed by atoms with Gasteiger partial charge in [-0.25, -0.2) is 8.78 Å². The van der Waals surface area contributed by atoms with E-state index in [1.165, 1.54) is 25.0 Å². The number of nitrogens with one attached hydrogen (secondary N) is 1. The van der Waals surface area contributed by atoms with Gasteiger partial charge in [0.1, 0.15) is 11.6 Å². The Kier molecular flexibility index (Phi) is 7.30. The third kappa shape index (κ3) is 4.99. The first kappa shape index (κ1) is 24.3. The molecule has 1 aromatic carbocycles. The SMILES string of the molecule is CC[C@H]1CCC[C@H]1N1CC[C@H](NC(=O)c2cc(-c3ccc(F)cc3F)on2)[C@@H](C(=O)N(C)C)C1. The highest BCUT2D eigenvalue weighted by Gasteiger charge is 2.41. The second-order valence-electron chi connectivity index (χ2n) is 9.57. The normalized spacial score (nSPS) is 25.3. The number of carbonyl (C=O) groups excluding carboxylic acids is 2. The molecule has 7 nitrogen and oxygen atoms in total. The summed E-state index contributed by atoms with van der Waals surface area (Å²) in [6.45, 7) is 3.64. The van der Waals surface area contributed by atoms with E-state index in [2.05, 4.69) is 22.3 Å². The first-order valence-electron chi connectivity index (χ1n) is 12.0. The van der Waals surface area contributed by atoms with Crippen LogP contribution in [0.1, 0.15) is 49.5 Å². The molecule has 4 atom stereocenters. The summed E-state index contributed by atoms with van der Waals surface area (Å²) in [4.78, 5) is 30.0. The molecule has 1 aliphatic heterocycles. The van der Waals surface area contributed by atoms with Crippen LogP contribution in [-0.2, 0) is 4.79 Å². The first-order chi connectivity index (χ1) is 16.3. The molecule has 0 radical (unpaired) electrons. The Hall–Kier alpha value is -2.81. The molecule has 4 rings (SSSR count). The van der Waals surface area contributed by atoms with Crippen molar-refractivity contribution in [2.24, 2.45) is 11.8 Å². The van der Waals surface area contributed by atoms with Gasteiger partial charge in [-0.2, -0.15) is 0 Å². The highest BCUT2D eigenvalue weighted by molar-refractivity contribution is 5.94. The molecule has 1 saturated heterocycles. The van der Waals surface area contributed by atoms with Crippen LogP contribution in [0.2, 0.25) is 0 Å². The van der Waals surface area contributed by atoms with Gasteiger partial charge in [-0.3, -0.25) is 14.5 Å². The lowest BCUT2D eigenvalue weighted by atomic mass is 9.88. The van der Waals surface area contributed by atoms with Gasteiger partial charge in [-0.1, -0.05) is 24.9 Å².